The molecule has 3 aliphatic rings. The largest absolute Gasteiger partial charge is 0.462 e. The van der Waals surface area contributed by atoms with Crippen LogP contribution in [0.15, 0.2) is 85.1 Å². The van der Waals surface area contributed by atoms with Gasteiger partial charge in [0.15, 0.2) is 12.1 Å². The average molecular weight is 982 g/mol. The summed E-state index contributed by atoms with van der Waals surface area (Å²) in [5, 5.41) is 121. The monoisotopic (exact) mass is 982 g/mol. The van der Waals surface area contributed by atoms with Crippen LogP contribution >= 0.6 is 0 Å². The van der Waals surface area contributed by atoms with Gasteiger partial charge in [0.2, 0.25) is 5.91 Å². The molecule has 392 valence electrons. The molecule has 20 heteroatoms. The molecule has 0 unspecified atom stereocenters. The summed E-state index contributed by atoms with van der Waals surface area (Å²) in [5.74, 6) is -6.10. The predicted octanol–water partition coefficient (Wildman–Crippen LogP) is -0.980. The van der Waals surface area contributed by atoms with E-state index in [-0.39, 0.29) is 31.6 Å². The number of ether oxygens (including phenoxy) is 4. The maximum absolute atomic E-state index is 13.6. The minimum absolute atomic E-state index is 0.114. The van der Waals surface area contributed by atoms with Gasteiger partial charge >= 0.3 is 5.97 Å². The maximum Gasteiger partial charge on any atom is 0.308 e. The van der Waals surface area contributed by atoms with Crippen LogP contribution in [0.3, 0.4) is 0 Å². The fourth-order valence-electron chi connectivity index (χ4n) is 8.31. The van der Waals surface area contributed by atoms with Crippen molar-refractivity contribution in [3.8, 4) is 0 Å². The first-order valence-corrected chi connectivity index (χ1v) is 23.7. The van der Waals surface area contributed by atoms with Crippen molar-refractivity contribution in [3.63, 3.8) is 0 Å². The van der Waals surface area contributed by atoms with Gasteiger partial charge in [-0.1, -0.05) is 98.9 Å². The molecular weight excluding hydrogens is 903 g/mol. The molecule has 0 spiro atoms. The van der Waals surface area contributed by atoms with E-state index in [1.807, 2.05) is 25.2 Å². The van der Waals surface area contributed by atoms with Crippen LogP contribution in [0, 0.1) is 17.8 Å². The number of carbonyl (C=O) groups is 2. The number of rotatable bonds is 5. The van der Waals surface area contributed by atoms with Gasteiger partial charge in [-0.3, -0.25) is 9.59 Å². The van der Waals surface area contributed by atoms with Gasteiger partial charge in [0.05, 0.1) is 92.1 Å². The van der Waals surface area contributed by atoms with Gasteiger partial charge < -0.3 is 91.9 Å². The number of esters is 1. The van der Waals surface area contributed by atoms with Crippen molar-refractivity contribution in [2.24, 2.45) is 29.2 Å². The number of nitrogens with two attached hydrogens (primary N) is 2. The summed E-state index contributed by atoms with van der Waals surface area (Å²) in [5.41, 5.74) is 11.9. The van der Waals surface area contributed by atoms with Crippen LogP contribution in [-0.4, -0.2) is 178 Å². The molecule has 0 radical (unpaired) electrons. The number of nitrogens with one attached hydrogen (secondary N) is 1. The van der Waals surface area contributed by atoms with Crippen molar-refractivity contribution in [3.05, 3.63) is 85.1 Å². The van der Waals surface area contributed by atoms with Crippen LogP contribution < -0.4 is 16.8 Å². The van der Waals surface area contributed by atoms with E-state index >= 15 is 0 Å². The number of aliphatic hydroxyl groups is 11. The third-order valence-electron chi connectivity index (χ3n) is 12.6. The summed E-state index contributed by atoms with van der Waals surface area (Å²) < 4.78 is 23.5. The van der Waals surface area contributed by atoms with E-state index in [0.29, 0.717) is 0 Å². The molecule has 3 heterocycles. The lowest BCUT2D eigenvalue weighted by atomic mass is 9.82. The summed E-state index contributed by atoms with van der Waals surface area (Å²) in [6.45, 7) is 6.10. The Bertz CT molecular complexity index is 1760. The minimum Gasteiger partial charge on any atom is -0.462 e. The second-order valence-electron chi connectivity index (χ2n) is 18.5. The number of amides is 1. The summed E-state index contributed by atoms with van der Waals surface area (Å²) in [7, 11) is 0. The number of aliphatic hydroxyl groups excluding tert-OH is 10. The molecule has 0 aromatic carbocycles. The Hall–Kier alpha value is -3.52. The second kappa shape index (κ2) is 29.7. The molecule has 3 aliphatic heterocycles. The smallest absolute Gasteiger partial charge is 0.308 e. The van der Waals surface area contributed by atoms with Crippen molar-refractivity contribution >= 4 is 11.9 Å². The molecule has 20 nitrogen and oxygen atoms in total. The second-order valence-corrected chi connectivity index (χ2v) is 18.5. The molecule has 3 rings (SSSR count). The molecule has 0 aromatic heterocycles. The van der Waals surface area contributed by atoms with Gasteiger partial charge in [-0.2, -0.15) is 0 Å². The Kier molecular flexibility index (Phi) is 25.8. The molecule has 16 N–H and O–H groups in total. The highest BCUT2D eigenvalue weighted by atomic mass is 16.7. The van der Waals surface area contributed by atoms with E-state index in [9.17, 15) is 65.8 Å². The molecule has 0 aliphatic carbocycles. The van der Waals surface area contributed by atoms with Crippen LogP contribution in [0.1, 0.15) is 79.1 Å². The Morgan fingerprint density at radius 1 is 0.725 bits per heavy atom. The first-order chi connectivity index (χ1) is 32.5. The lowest BCUT2D eigenvalue weighted by Crippen LogP contribution is -2.62. The van der Waals surface area contributed by atoms with E-state index in [1.54, 1.807) is 74.6 Å². The maximum atomic E-state index is 13.6. The topological polar surface area (TPSA) is 358 Å². The Morgan fingerprint density at radius 3 is 1.90 bits per heavy atom. The number of hydrogen-bond donors (Lipinski definition) is 14. The summed E-state index contributed by atoms with van der Waals surface area (Å²) in [6.07, 6.45) is 2.28. The molecular formula is C49H79N3O17. The Morgan fingerprint density at radius 2 is 1.30 bits per heavy atom. The molecule has 0 saturated carbocycles. The molecule has 20 atom stereocenters. The van der Waals surface area contributed by atoms with Crippen LogP contribution in [-0.2, 0) is 28.5 Å². The predicted molar refractivity (Wildman–Crippen MR) is 253 cm³/mol. The summed E-state index contributed by atoms with van der Waals surface area (Å²) in [4.78, 5) is 26.2. The molecule has 2 fully saturated rings. The van der Waals surface area contributed by atoms with Crippen molar-refractivity contribution in [2.45, 2.75) is 183 Å². The Labute approximate surface area is 404 Å². The SMILES string of the molecule is C[C@@H]1[C@H](O)[C@@H](C)/C=C/C=C/C=C/C=C/C=C/C=C/C=C/[C@H](O[C@@H]2O[C@H](C)[C@@H](O)[C@H](N)[C@@H]2O)C[C@@H]2O[C@](O)(C[C@@H](O)C[C@@H](O)[C@H](O)CC[C@@H](O)C[C@@H](O)CC(=O)O[C@H]1C)C[C@H](O)[C@H]2C(=O)N[C@@H](N)CO. The number of carbonyl (C=O) groups excluding carboxylic acids is 2. The van der Waals surface area contributed by atoms with E-state index in [2.05, 4.69) is 5.32 Å². The number of fused-ring (bicyclic) bond motifs is 2. The zero-order chi connectivity index (χ0) is 51.4. The zero-order valence-corrected chi connectivity index (χ0v) is 39.9. The highest BCUT2D eigenvalue weighted by Crippen LogP contribution is 2.38. The standard InChI is InChI=1S/C49H79N3O17/c1-28-17-15-13-11-9-7-5-6-8-10-12-14-16-18-35(68-48-46(63)43(51)45(62)31(4)67-48)24-39-42(47(64)52-40(50)27-53)38(59)26-49(65,69-39)25-34(56)22-37(58)36(57)20-19-32(54)21-33(55)23-41(60)66-30(3)29(2)44(28)61/h5-18,28-40,42-46,48,53-59,61-63,65H,19-27,50-51H2,1-4H3,(H,52,64)/b6-5+,9-7+,10-8+,13-11+,14-12+,17-15+,18-16+/t28-,29-,30-,31+,32+,33+,34-,35-,36+,37+,38-,39-,40+,42+,43-,44+,45+,46-,48-,49+/m0/s1. The van der Waals surface area contributed by atoms with Crippen molar-refractivity contribution in [1.29, 1.82) is 0 Å². The molecule has 2 saturated heterocycles. The van der Waals surface area contributed by atoms with E-state index < -0.39 is 160 Å². The van der Waals surface area contributed by atoms with E-state index in [4.69, 9.17) is 30.4 Å². The first kappa shape index (κ1) is 59.8. The van der Waals surface area contributed by atoms with Gasteiger partial charge in [0.1, 0.15) is 18.4 Å². The van der Waals surface area contributed by atoms with Crippen molar-refractivity contribution < 1.29 is 84.7 Å². The van der Waals surface area contributed by atoms with Gasteiger partial charge in [-0.05, 0) is 33.1 Å². The van der Waals surface area contributed by atoms with Crippen LogP contribution in [0.4, 0.5) is 0 Å². The van der Waals surface area contributed by atoms with Crippen molar-refractivity contribution in [1.82, 2.24) is 5.32 Å². The normalized spacial score (nSPS) is 44.0. The summed E-state index contributed by atoms with van der Waals surface area (Å²) in [6, 6.07) is -1.16. The minimum atomic E-state index is -2.34. The number of hydrogen-bond acceptors (Lipinski definition) is 19. The van der Waals surface area contributed by atoms with Crippen molar-refractivity contribution in [2.75, 3.05) is 6.61 Å². The number of allylic oxidation sites excluding steroid dienone is 12. The van der Waals surface area contributed by atoms with Crippen LogP contribution in [0.25, 0.3) is 0 Å². The highest BCUT2D eigenvalue weighted by molar-refractivity contribution is 5.80. The van der Waals surface area contributed by atoms with Gasteiger partial charge in [0.25, 0.3) is 0 Å². The van der Waals surface area contributed by atoms with Crippen LogP contribution in [0.5, 0.6) is 0 Å². The van der Waals surface area contributed by atoms with Gasteiger partial charge in [0, 0.05) is 37.5 Å². The number of cyclic esters (lactones) is 1. The van der Waals surface area contributed by atoms with Crippen LogP contribution in [0.2, 0.25) is 0 Å². The molecule has 69 heavy (non-hydrogen) atoms. The quantitative estimate of drug-likeness (QED) is 0.116. The fourth-order valence-corrected chi connectivity index (χ4v) is 8.31. The average Bonchev–Trinajstić information content (AvgIpc) is 3.27. The fraction of sp³-hybridized carbons (Fsp3) is 0.673. The molecule has 0 aromatic rings. The zero-order valence-electron chi connectivity index (χ0n) is 39.9. The summed E-state index contributed by atoms with van der Waals surface area (Å²) >= 11 is 0. The highest BCUT2D eigenvalue weighted by Gasteiger charge is 2.51. The lowest BCUT2D eigenvalue weighted by Gasteiger charge is -2.46. The lowest BCUT2D eigenvalue weighted by molar-refractivity contribution is -0.307. The van der Waals surface area contributed by atoms with Gasteiger partial charge in [-0.25, -0.2) is 0 Å². The third kappa shape index (κ3) is 20.3. The van der Waals surface area contributed by atoms with Gasteiger partial charge in [-0.15, -0.1) is 0 Å². The third-order valence-corrected chi connectivity index (χ3v) is 12.6. The van der Waals surface area contributed by atoms with E-state index in [1.165, 1.54) is 13.0 Å². The molecule has 1 amide bonds. The van der Waals surface area contributed by atoms with E-state index in [0.717, 1.165) is 0 Å². The molecule has 2 bridgehead atoms. The first-order valence-electron chi connectivity index (χ1n) is 23.7. The Balaban J connectivity index is 1.93.